The molecule has 118 valence electrons. The smallest absolute Gasteiger partial charge is 0.410 e. The van der Waals surface area contributed by atoms with Gasteiger partial charge in [-0.15, -0.1) is 0 Å². The van der Waals surface area contributed by atoms with Gasteiger partial charge in [0.15, 0.2) is 0 Å². The van der Waals surface area contributed by atoms with E-state index in [4.69, 9.17) is 4.74 Å². The predicted octanol–water partition coefficient (Wildman–Crippen LogP) is 2.45. The number of amides is 2. The molecule has 0 aliphatic carbocycles. The Morgan fingerprint density at radius 3 is 2.30 bits per heavy atom. The summed E-state index contributed by atoms with van der Waals surface area (Å²) in [6, 6.07) is 0. The topological polar surface area (TPSA) is 49.9 Å². The molecular formula is C14H27FN2O3. The van der Waals surface area contributed by atoms with Crippen LogP contribution < -0.4 is 0 Å². The molecule has 0 aromatic rings. The maximum absolute atomic E-state index is 14.5. The minimum absolute atomic E-state index is 0.148. The summed E-state index contributed by atoms with van der Waals surface area (Å²) < 4.78 is 19.5. The van der Waals surface area contributed by atoms with Crippen LogP contribution in [0.15, 0.2) is 0 Å². The molecule has 1 rings (SSSR count). The van der Waals surface area contributed by atoms with E-state index in [1.54, 1.807) is 13.8 Å². The number of piperidine rings is 1. The standard InChI is InChI=1S/C12H21FN2O3.C2H6/c1-9(2)18-11(17)15-7-5-6-12(13,8-15)10(16)14(3)4;1-2/h9H,5-8H2,1-4H3;1-2H3. The van der Waals surface area contributed by atoms with E-state index < -0.39 is 17.7 Å². The molecule has 1 saturated heterocycles. The number of rotatable bonds is 2. The van der Waals surface area contributed by atoms with Crippen LogP contribution in [0.5, 0.6) is 0 Å². The van der Waals surface area contributed by atoms with Crippen molar-refractivity contribution < 1.29 is 18.7 Å². The maximum atomic E-state index is 14.5. The molecular weight excluding hydrogens is 263 g/mol. The molecule has 1 unspecified atom stereocenters. The first-order chi connectivity index (χ1) is 9.26. The largest absolute Gasteiger partial charge is 0.447 e. The van der Waals surface area contributed by atoms with E-state index >= 15 is 0 Å². The van der Waals surface area contributed by atoms with E-state index in [-0.39, 0.29) is 19.1 Å². The molecule has 1 fully saturated rings. The average Bonchev–Trinajstić information content (AvgIpc) is 2.39. The normalized spacial score (nSPS) is 21.9. The molecule has 0 aromatic heterocycles. The molecule has 1 aliphatic heterocycles. The Bertz CT molecular complexity index is 334. The third-order valence-corrected chi connectivity index (χ3v) is 2.83. The van der Waals surface area contributed by atoms with Crippen LogP contribution in [0.4, 0.5) is 9.18 Å². The lowest BCUT2D eigenvalue weighted by Gasteiger charge is -2.37. The highest BCUT2D eigenvalue weighted by molar-refractivity contribution is 5.86. The summed E-state index contributed by atoms with van der Waals surface area (Å²) in [5.74, 6) is -0.593. The second-order valence-electron chi connectivity index (χ2n) is 5.12. The summed E-state index contributed by atoms with van der Waals surface area (Å²) in [6.45, 7) is 7.67. The van der Waals surface area contributed by atoms with Crippen molar-refractivity contribution in [3.8, 4) is 0 Å². The molecule has 1 aliphatic rings. The number of nitrogens with zero attached hydrogens (tertiary/aromatic N) is 2. The Morgan fingerprint density at radius 1 is 1.30 bits per heavy atom. The van der Waals surface area contributed by atoms with Gasteiger partial charge in [0.2, 0.25) is 5.67 Å². The second kappa shape index (κ2) is 8.07. The van der Waals surface area contributed by atoms with Crippen LogP contribution in [0.25, 0.3) is 0 Å². The number of halogens is 1. The molecule has 1 atom stereocenters. The summed E-state index contributed by atoms with van der Waals surface area (Å²) >= 11 is 0. The van der Waals surface area contributed by atoms with Crippen LogP contribution >= 0.6 is 0 Å². The van der Waals surface area contributed by atoms with Gasteiger partial charge >= 0.3 is 6.09 Å². The molecule has 0 N–H and O–H groups in total. The molecule has 0 saturated carbocycles. The Labute approximate surface area is 121 Å². The van der Waals surface area contributed by atoms with Gasteiger partial charge in [-0.3, -0.25) is 4.79 Å². The number of hydrogen-bond donors (Lipinski definition) is 0. The van der Waals surface area contributed by atoms with Crippen molar-refractivity contribution in [2.45, 2.75) is 52.3 Å². The lowest BCUT2D eigenvalue weighted by Crippen LogP contribution is -2.55. The van der Waals surface area contributed by atoms with Gasteiger partial charge in [-0.2, -0.15) is 0 Å². The Balaban J connectivity index is 0.00000172. The van der Waals surface area contributed by atoms with Gasteiger partial charge in [0.1, 0.15) is 0 Å². The molecule has 2 amide bonds. The van der Waals surface area contributed by atoms with E-state index in [2.05, 4.69) is 0 Å². The minimum atomic E-state index is -1.99. The Morgan fingerprint density at radius 2 is 1.85 bits per heavy atom. The molecule has 0 radical (unpaired) electrons. The lowest BCUT2D eigenvalue weighted by atomic mass is 9.93. The number of carbonyl (C=O) groups is 2. The first kappa shape index (κ1) is 18.7. The van der Waals surface area contributed by atoms with Gasteiger partial charge in [-0.25, -0.2) is 9.18 Å². The quantitative estimate of drug-likeness (QED) is 0.785. The van der Waals surface area contributed by atoms with E-state index in [9.17, 15) is 14.0 Å². The minimum Gasteiger partial charge on any atom is -0.447 e. The number of likely N-dealkylation sites (tertiary alicyclic amines) is 1. The third-order valence-electron chi connectivity index (χ3n) is 2.83. The maximum Gasteiger partial charge on any atom is 0.410 e. The van der Waals surface area contributed by atoms with Crippen molar-refractivity contribution in [1.82, 2.24) is 9.80 Å². The molecule has 0 bridgehead atoms. The van der Waals surface area contributed by atoms with Crippen molar-refractivity contribution in [1.29, 1.82) is 0 Å². The van der Waals surface area contributed by atoms with E-state index in [0.29, 0.717) is 13.0 Å². The third kappa shape index (κ3) is 4.98. The van der Waals surface area contributed by atoms with E-state index in [0.717, 1.165) is 0 Å². The number of ether oxygens (including phenoxy) is 1. The van der Waals surface area contributed by atoms with Gasteiger partial charge in [0, 0.05) is 20.6 Å². The summed E-state index contributed by atoms with van der Waals surface area (Å²) in [6.07, 6.45) is -0.199. The second-order valence-corrected chi connectivity index (χ2v) is 5.12. The fourth-order valence-electron chi connectivity index (χ4n) is 2.02. The van der Waals surface area contributed by atoms with Crippen molar-refractivity contribution in [2.75, 3.05) is 27.2 Å². The molecule has 5 nitrogen and oxygen atoms in total. The zero-order chi connectivity index (χ0) is 15.9. The van der Waals surface area contributed by atoms with Crippen LogP contribution in [-0.2, 0) is 9.53 Å². The highest BCUT2D eigenvalue weighted by atomic mass is 19.1. The van der Waals surface area contributed by atoms with Crippen molar-refractivity contribution >= 4 is 12.0 Å². The fourth-order valence-corrected chi connectivity index (χ4v) is 2.02. The number of hydrogen-bond acceptors (Lipinski definition) is 3. The summed E-state index contributed by atoms with van der Waals surface area (Å²) in [5.41, 5.74) is -1.99. The molecule has 0 spiro atoms. The van der Waals surface area contributed by atoms with E-state index in [1.165, 1.54) is 23.9 Å². The van der Waals surface area contributed by atoms with Gasteiger partial charge in [-0.1, -0.05) is 13.8 Å². The first-order valence-electron chi connectivity index (χ1n) is 7.12. The monoisotopic (exact) mass is 290 g/mol. The Hall–Kier alpha value is -1.33. The van der Waals surface area contributed by atoms with Gasteiger partial charge in [0.05, 0.1) is 12.6 Å². The zero-order valence-corrected chi connectivity index (χ0v) is 13.4. The lowest BCUT2D eigenvalue weighted by molar-refractivity contribution is -0.144. The highest BCUT2D eigenvalue weighted by Crippen LogP contribution is 2.27. The molecule has 6 heteroatoms. The highest BCUT2D eigenvalue weighted by Gasteiger charge is 2.45. The van der Waals surface area contributed by atoms with Gasteiger partial charge in [0.25, 0.3) is 5.91 Å². The van der Waals surface area contributed by atoms with Gasteiger partial charge in [-0.05, 0) is 26.7 Å². The molecule has 1 heterocycles. The number of alkyl halides is 1. The van der Waals surface area contributed by atoms with Gasteiger partial charge < -0.3 is 14.5 Å². The van der Waals surface area contributed by atoms with Crippen molar-refractivity contribution in [3.05, 3.63) is 0 Å². The molecule has 0 aromatic carbocycles. The van der Waals surface area contributed by atoms with Crippen molar-refractivity contribution in [3.63, 3.8) is 0 Å². The molecule has 20 heavy (non-hydrogen) atoms. The van der Waals surface area contributed by atoms with Crippen molar-refractivity contribution in [2.24, 2.45) is 0 Å². The summed E-state index contributed by atoms with van der Waals surface area (Å²) in [4.78, 5) is 26.0. The van der Waals surface area contributed by atoms with E-state index in [1.807, 2.05) is 13.8 Å². The summed E-state index contributed by atoms with van der Waals surface area (Å²) in [5, 5.41) is 0. The summed E-state index contributed by atoms with van der Waals surface area (Å²) in [7, 11) is 3.02. The first-order valence-corrected chi connectivity index (χ1v) is 7.12. The zero-order valence-electron chi connectivity index (χ0n) is 13.4. The average molecular weight is 290 g/mol. The van der Waals surface area contributed by atoms with Crippen LogP contribution in [0, 0.1) is 0 Å². The Kier molecular flexibility index (Phi) is 7.53. The SMILES string of the molecule is CC.CC(C)OC(=O)N1CCCC(F)(C(=O)N(C)C)C1. The number of carbonyl (C=O) groups excluding carboxylic acids is 2. The fraction of sp³-hybridized carbons (Fsp3) is 0.857. The van der Waals surface area contributed by atoms with Crippen LogP contribution in [0.2, 0.25) is 0 Å². The van der Waals surface area contributed by atoms with Crippen LogP contribution in [0.1, 0.15) is 40.5 Å². The van der Waals surface area contributed by atoms with Crippen LogP contribution in [-0.4, -0.2) is 60.8 Å². The van der Waals surface area contributed by atoms with Crippen LogP contribution in [0.3, 0.4) is 0 Å². The predicted molar refractivity (Wildman–Crippen MR) is 76.3 cm³/mol.